The van der Waals surface area contributed by atoms with Gasteiger partial charge in [-0.1, -0.05) is 100 Å². The molecule has 2 aromatic carbocycles. The minimum absolute atomic E-state index is 0.0827. The van der Waals surface area contributed by atoms with Gasteiger partial charge in [-0.3, -0.25) is 4.79 Å². The number of unbranched alkanes of at least 4 members (excludes halogenated alkanes) is 2. The van der Waals surface area contributed by atoms with Gasteiger partial charge in [-0.25, -0.2) is 0 Å². The van der Waals surface area contributed by atoms with E-state index in [-0.39, 0.29) is 17.9 Å². The smallest absolute Gasteiger partial charge is 0.223 e. The summed E-state index contributed by atoms with van der Waals surface area (Å²) in [5.74, 6) is 0.314. The van der Waals surface area contributed by atoms with E-state index in [1.165, 1.54) is 0 Å². The fraction of sp³-hybridized carbons (Fsp3) is 0.435. The summed E-state index contributed by atoms with van der Waals surface area (Å²) in [6.45, 7) is 4.37. The average molecular weight is 338 g/mol. The highest BCUT2D eigenvalue weighted by Gasteiger charge is 2.22. The SMILES string of the molecule is CCCCC(CCCC)C(=O)NC(c1ccccc1)c1ccccc1. The minimum atomic E-state index is -0.0827. The Morgan fingerprint density at radius 3 is 1.64 bits per heavy atom. The number of hydrogen-bond donors (Lipinski definition) is 1. The molecule has 0 saturated carbocycles. The molecule has 0 aromatic heterocycles. The lowest BCUT2D eigenvalue weighted by molar-refractivity contribution is -0.126. The molecule has 0 heterocycles. The van der Waals surface area contributed by atoms with Gasteiger partial charge in [0.15, 0.2) is 0 Å². The Bertz CT molecular complexity index is 561. The van der Waals surface area contributed by atoms with Crippen molar-refractivity contribution in [2.45, 2.75) is 58.4 Å². The summed E-state index contributed by atoms with van der Waals surface area (Å²) < 4.78 is 0. The van der Waals surface area contributed by atoms with Crippen LogP contribution in [0, 0.1) is 5.92 Å². The first kappa shape index (κ1) is 19.2. The fourth-order valence-electron chi connectivity index (χ4n) is 3.22. The van der Waals surface area contributed by atoms with E-state index in [9.17, 15) is 4.79 Å². The highest BCUT2D eigenvalue weighted by atomic mass is 16.1. The second kappa shape index (κ2) is 10.7. The zero-order chi connectivity index (χ0) is 17.9. The van der Waals surface area contributed by atoms with Crippen molar-refractivity contribution in [1.82, 2.24) is 5.32 Å². The van der Waals surface area contributed by atoms with Gasteiger partial charge in [-0.2, -0.15) is 0 Å². The molecule has 25 heavy (non-hydrogen) atoms. The van der Waals surface area contributed by atoms with Crippen LogP contribution in [0.4, 0.5) is 0 Å². The third-order valence-corrected chi connectivity index (χ3v) is 4.74. The van der Waals surface area contributed by atoms with Crippen LogP contribution in [0.25, 0.3) is 0 Å². The number of carbonyl (C=O) groups is 1. The molecule has 0 spiro atoms. The monoisotopic (exact) mass is 337 g/mol. The molecule has 0 bridgehead atoms. The highest BCUT2D eigenvalue weighted by Crippen LogP contribution is 2.24. The molecule has 2 heteroatoms. The maximum absolute atomic E-state index is 13.0. The lowest BCUT2D eigenvalue weighted by atomic mass is 9.93. The lowest BCUT2D eigenvalue weighted by Gasteiger charge is -2.24. The summed E-state index contributed by atoms with van der Waals surface area (Å²) in [5.41, 5.74) is 2.26. The van der Waals surface area contributed by atoms with Crippen LogP contribution < -0.4 is 5.32 Å². The first-order chi connectivity index (χ1) is 12.3. The molecule has 2 rings (SSSR count). The van der Waals surface area contributed by atoms with Crippen LogP contribution in [0.3, 0.4) is 0 Å². The molecule has 2 nitrogen and oxygen atoms in total. The molecular weight excluding hydrogens is 306 g/mol. The molecule has 0 unspecified atom stereocenters. The lowest BCUT2D eigenvalue weighted by Crippen LogP contribution is -2.34. The summed E-state index contributed by atoms with van der Waals surface area (Å²) in [7, 11) is 0. The summed E-state index contributed by atoms with van der Waals surface area (Å²) >= 11 is 0. The third-order valence-electron chi connectivity index (χ3n) is 4.74. The molecule has 1 amide bonds. The van der Waals surface area contributed by atoms with Crippen LogP contribution in [0.5, 0.6) is 0 Å². The van der Waals surface area contributed by atoms with E-state index in [4.69, 9.17) is 0 Å². The molecule has 0 aliphatic rings. The molecule has 0 fully saturated rings. The Morgan fingerprint density at radius 2 is 1.24 bits per heavy atom. The fourth-order valence-corrected chi connectivity index (χ4v) is 3.22. The predicted octanol–water partition coefficient (Wildman–Crippen LogP) is 5.89. The average Bonchev–Trinajstić information content (AvgIpc) is 2.67. The standard InChI is InChI=1S/C23H31NO/c1-3-5-13-21(14-6-4-2)23(25)24-22(19-15-9-7-10-16-19)20-17-11-8-12-18-20/h7-12,15-18,21-22H,3-6,13-14H2,1-2H3,(H,24,25). The van der Waals surface area contributed by atoms with Gasteiger partial charge >= 0.3 is 0 Å². The van der Waals surface area contributed by atoms with Gasteiger partial charge < -0.3 is 5.32 Å². The van der Waals surface area contributed by atoms with Crippen molar-refractivity contribution < 1.29 is 4.79 Å². The van der Waals surface area contributed by atoms with Crippen molar-refractivity contribution in [1.29, 1.82) is 0 Å². The van der Waals surface area contributed by atoms with Crippen molar-refractivity contribution in [3.63, 3.8) is 0 Å². The van der Waals surface area contributed by atoms with E-state index < -0.39 is 0 Å². The summed E-state index contributed by atoms with van der Waals surface area (Å²) in [5, 5.41) is 3.33. The summed E-state index contributed by atoms with van der Waals surface area (Å²) in [4.78, 5) is 13.0. The van der Waals surface area contributed by atoms with Gasteiger partial charge in [0.05, 0.1) is 6.04 Å². The number of amides is 1. The van der Waals surface area contributed by atoms with Crippen LogP contribution in [-0.4, -0.2) is 5.91 Å². The first-order valence-corrected chi connectivity index (χ1v) is 9.66. The van der Waals surface area contributed by atoms with Crippen molar-refractivity contribution in [2.75, 3.05) is 0 Å². The third kappa shape index (κ3) is 6.04. The van der Waals surface area contributed by atoms with Crippen LogP contribution in [0.15, 0.2) is 60.7 Å². The zero-order valence-electron chi connectivity index (χ0n) is 15.6. The van der Waals surface area contributed by atoms with Crippen LogP contribution >= 0.6 is 0 Å². The molecule has 1 N–H and O–H groups in total. The van der Waals surface area contributed by atoms with Crippen molar-refractivity contribution >= 4 is 5.91 Å². The van der Waals surface area contributed by atoms with E-state index >= 15 is 0 Å². The van der Waals surface area contributed by atoms with Gasteiger partial charge in [-0.15, -0.1) is 0 Å². The van der Waals surface area contributed by atoms with Crippen molar-refractivity contribution in [3.8, 4) is 0 Å². The van der Waals surface area contributed by atoms with Gasteiger partial charge in [0.2, 0.25) is 5.91 Å². The second-order valence-corrected chi connectivity index (χ2v) is 6.74. The number of carbonyl (C=O) groups excluding carboxylic acids is 1. The van der Waals surface area contributed by atoms with E-state index in [1.807, 2.05) is 36.4 Å². The molecule has 134 valence electrons. The molecular formula is C23H31NO. The van der Waals surface area contributed by atoms with E-state index in [2.05, 4.69) is 43.4 Å². The van der Waals surface area contributed by atoms with Gasteiger partial charge in [-0.05, 0) is 24.0 Å². The number of nitrogens with one attached hydrogen (secondary N) is 1. The van der Waals surface area contributed by atoms with Crippen LogP contribution in [-0.2, 0) is 4.79 Å². The van der Waals surface area contributed by atoms with Gasteiger partial charge in [0.1, 0.15) is 0 Å². The molecule has 2 aromatic rings. The Balaban J connectivity index is 2.18. The number of benzene rings is 2. The summed E-state index contributed by atoms with van der Waals surface area (Å²) in [6.07, 6.45) is 6.47. The normalized spacial score (nSPS) is 11.0. The molecule has 0 saturated heterocycles. The number of hydrogen-bond acceptors (Lipinski definition) is 1. The molecule has 0 atom stereocenters. The minimum Gasteiger partial charge on any atom is -0.345 e. The van der Waals surface area contributed by atoms with E-state index in [0.717, 1.165) is 49.7 Å². The Kier molecular flexibility index (Phi) is 8.24. The molecule has 0 aliphatic carbocycles. The van der Waals surface area contributed by atoms with Crippen LogP contribution in [0.1, 0.15) is 69.5 Å². The predicted molar refractivity (Wildman–Crippen MR) is 105 cm³/mol. The quantitative estimate of drug-likeness (QED) is 0.575. The largest absolute Gasteiger partial charge is 0.345 e. The Morgan fingerprint density at radius 1 is 0.800 bits per heavy atom. The van der Waals surface area contributed by atoms with Crippen molar-refractivity contribution in [3.05, 3.63) is 71.8 Å². The maximum Gasteiger partial charge on any atom is 0.223 e. The van der Waals surface area contributed by atoms with Crippen molar-refractivity contribution in [2.24, 2.45) is 5.92 Å². The molecule has 0 aliphatic heterocycles. The Hall–Kier alpha value is -2.09. The molecule has 0 radical (unpaired) electrons. The zero-order valence-corrected chi connectivity index (χ0v) is 15.6. The topological polar surface area (TPSA) is 29.1 Å². The highest BCUT2D eigenvalue weighted by molar-refractivity contribution is 5.79. The Labute approximate surface area is 152 Å². The van der Waals surface area contributed by atoms with Gasteiger partial charge in [0, 0.05) is 5.92 Å². The first-order valence-electron chi connectivity index (χ1n) is 9.66. The van der Waals surface area contributed by atoms with Crippen LogP contribution in [0.2, 0.25) is 0 Å². The van der Waals surface area contributed by atoms with E-state index in [0.29, 0.717) is 0 Å². The second-order valence-electron chi connectivity index (χ2n) is 6.74. The van der Waals surface area contributed by atoms with Gasteiger partial charge in [0.25, 0.3) is 0 Å². The number of rotatable bonds is 10. The summed E-state index contributed by atoms with van der Waals surface area (Å²) in [6, 6.07) is 20.4. The maximum atomic E-state index is 13.0. The van der Waals surface area contributed by atoms with E-state index in [1.54, 1.807) is 0 Å².